The molecule has 0 unspecified atom stereocenters. The Hall–Kier alpha value is -0.930. The van der Waals surface area contributed by atoms with Crippen molar-refractivity contribution in [3.63, 3.8) is 0 Å². The molecule has 0 heterocycles. The van der Waals surface area contributed by atoms with Gasteiger partial charge in [-0.2, -0.15) is 0 Å². The monoisotopic (exact) mass is 258 g/mol. The van der Waals surface area contributed by atoms with Crippen LogP contribution in [0.25, 0.3) is 0 Å². The molecule has 0 saturated heterocycles. The molecule has 0 spiro atoms. The average molecular weight is 259 g/mol. The molecule has 0 radical (unpaired) electrons. The van der Waals surface area contributed by atoms with E-state index < -0.39 is 5.82 Å². The topological polar surface area (TPSA) is 26.3 Å². The summed E-state index contributed by atoms with van der Waals surface area (Å²) in [4.78, 5) is 11.3. The molecular weight excluding hydrogens is 243 g/mol. The van der Waals surface area contributed by atoms with Crippen LogP contribution in [0, 0.1) is 5.82 Å². The fourth-order valence-corrected chi connectivity index (χ4v) is 1.60. The second kappa shape index (κ2) is 7.41. The van der Waals surface area contributed by atoms with Crippen molar-refractivity contribution in [1.29, 1.82) is 0 Å². The van der Waals surface area contributed by atoms with Gasteiger partial charge in [0.15, 0.2) is 5.78 Å². The van der Waals surface area contributed by atoms with Crippen molar-refractivity contribution in [2.75, 3.05) is 6.61 Å². The number of ketones is 1. The van der Waals surface area contributed by atoms with Gasteiger partial charge < -0.3 is 4.74 Å². The molecule has 0 aliphatic rings. The SMILES string of the molecule is CCCCC(=O)COCc1c(F)cccc1Cl. The largest absolute Gasteiger partial charge is 0.369 e. The molecule has 1 aromatic carbocycles. The van der Waals surface area contributed by atoms with Crippen LogP contribution in [0.5, 0.6) is 0 Å². The van der Waals surface area contributed by atoms with Crippen LogP contribution in [-0.4, -0.2) is 12.4 Å². The fraction of sp³-hybridized carbons (Fsp3) is 0.462. The minimum atomic E-state index is -0.404. The quantitative estimate of drug-likeness (QED) is 0.744. The van der Waals surface area contributed by atoms with E-state index in [4.69, 9.17) is 16.3 Å². The van der Waals surface area contributed by atoms with E-state index in [9.17, 15) is 9.18 Å². The van der Waals surface area contributed by atoms with Gasteiger partial charge in [0.1, 0.15) is 12.4 Å². The Labute approximate surface area is 106 Å². The summed E-state index contributed by atoms with van der Waals surface area (Å²) in [6, 6.07) is 4.46. The highest BCUT2D eigenvalue weighted by Gasteiger charge is 2.08. The van der Waals surface area contributed by atoms with Crippen molar-refractivity contribution in [3.05, 3.63) is 34.6 Å². The molecule has 0 bridgehead atoms. The first kappa shape index (κ1) is 14.1. The van der Waals surface area contributed by atoms with Gasteiger partial charge in [-0.25, -0.2) is 4.39 Å². The first-order chi connectivity index (χ1) is 8.15. The molecule has 1 rings (SSSR count). The van der Waals surface area contributed by atoms with E-state index in [1.54, 1.807) is 6.07 Å². The Morgan fingerprint density at radius 1 is 1.47 bits per heavy atom. The number of halogens is 2. The number of rotatable bonds is 7. The number of carbonyl (C=O) groups is 1. The van der Waals surface area contributed by atoms with E-state index >= 15 is 0 Å². The van der Waals surface area contributed by atoms with Crippen LogP contribution < -0.4 is 0 Å². The minimum Gasteiger partial charge on any atom is -0.369 e. The Balaban J connectivity index is 2.38. The molecule has 17 heavy (non-hydrogen) atoms. The van der Waals surface area contributed by atoms with Gasteiger partial charge in [0.05, 0.1) is 6.61 Å². The lowest BCUT2D eigenvalue weighted by molar-refractivity contribution is -0.124. The lowest BCUT2D eigenvalue weighted by Crippen LogP contribution is -2.09. The van der Waals surface area contributed by atoms with Crippen molar-refractivity contribution < 1.29 is 13.9 Å². The third-order valence-corrected chi connectivity index (χ3v) is 2.73. The number of unbranched alkanes of at least 4 members (excludes halogenated alkanes) is 1. The van der Waals surface area contributed by atoms with E-state index in [-0.39, 0.29) is 19.0 Å². The highest BCUT2D eigenvalue weighted by molar-refractivity contribution is 6.31. The molecule has 2 nitrogen and oxygen atoms in total. The van der Waals surface area contributed by atoms with E-state index in [0.717, 1.165) is 12.8 Å². The van der Waals surface area contributed by atoms with Gasteiger partial charge in [0, 0.05) is 17.0 Å². The van der Waals surface area contributed by atoms with Crippen molar-refractivity contribution in [2.24, 2.45) is 0 Å². The molecule has 0 aliphatic heterocycles. The van der Waals surface area contributed by atoms with Crippen LogP contribution >= 0.6 is 11.6 Å². The Morgan fingerprint density at radius 3 is 2.88 bits per heavy atom. The van der Waals surface area contributed by atoms with E-state index in [1.165, 1.54) is 12.1 Å². The van der Waals surface area contributed by atoms with Crippen LogP contribution in [0.2, 0.25) is 5.02 Å². The maximum atomic E-state index is 13.3. The number of hydrogen-bond donors (Lipinski definition) is 0. The lowest BCUT2D eigenvalue weighted by Gasteiger charge is -2.06. The maximum Gasteiger partial charge on any atom is 0.158 e. The summed E-state index contributed by atoms with van der Waals surface area (Å²) in [6.45, 7) is 2.07. The molecule has 94 valence electrons. The number of Topliss-reactive ketones (excluding diaryl/α,β-unsaturated/α-hetero) is 1. The van der Waals surface area contributed by atoms with Crippen LogP contribution in [-0.2, 0) is 16.1 Å². The second-order valence-electron chi connectivity index (χ2n) is 3.84. The number of ether oxygens (including phenoxy) is 1. The zero-order valence-electron chi connectivity index (χ0n) is 9.84. The zero-order chi connectivity index (χ0) is 12.7. The molecule has 0 saturated carbocycles. The lowest BCUT2D eigenvalue weighted by atomic mass is 10.2. The highest BCUT2D eigenvalue weighted by atomic mass is 35.5. The number of carbonyl (C=O) groups excluding carboxylic acids is 1. The highest BCUT2D eigenvalue weighted by Crippen LogP contribution is 2.19. The average Bonchev–Trinajstić information content (AvgIpc) is 2.30. The van der Waals surface area contributed by atoms with Crippen LogP contribution in [0.15, 0.2) is 18.2 Å². The predicted octanol–water partition coefficient (Wildman–Crippen LogP) is 3.76. The van der Waals surface area contributed by atoms with Crippen LogP contribution in [0.1, 0.15) is 31.7 Å². The summed E-state index contributed by atoms with van der Waals surface area (Å²) >= 11 is 5.82. The van der Waals surface area contributed by atoms with Crippen LogP contribution in [0.4, 0.5) is 4.39 Å². The summed E-state index contributed by atoms with van der Waals surface area (Å²) < 4.78 is 18.5. The molecule has 0 aromatic heterocycles. The number of benzene rings is 1. The molecule has 4 heteroatoms. The smallest absolute Gasteiger partial charge is 0.158 e. The summed E-state index contributed by atoms with van der Waals surface area (Å²) in [5.41, 5.74) is 0.303. The van der Waals surface area contributed by atoms with Crippen molar-refractivity contribution in [3.8, 4) is 0 Å². The summed E-state index contributed by atoms with van der Waals surface area (Å²) in [5.74, 6) is -0.363. The van der Waals surface area contributed by atoms with Crippen molar-refractivity contribution in [1.82, 2.24) is 0 Å². The Bertz CT molecular complexity index is 359. The van der Waals surface area contributed by atoms with Gasteiger partial charge in [-0.15, -0.1) is 0 Å². The normalized spacial score (nSPS) is 10.5. The van der Waals surface area contributed by atoms with Gasteiger partial charge in [-0.1, -0.05) is 31.0 Å². The fourth-order valence-electron chi connectivity index (χ4n) is 1.38. The van der Waals surface area contributed by atoms with Gasteiger partial charge >= 0.3 is 0 Å². The first-order valence-corrected chi connectivity index (χ1v) is 6.05. The summed E-state index contributed by atoms with van der Waals surface area (Å²) in [6.07, 6.45) is 2.36. The van der Waals surface area contributed by atoms with Gasteiger partial charge in [0.2, 0.25) is 0 Å². The molecule has 1 aromatic rings. The Kier molecular flexibility index (Phi) is 6.16. The minimum absolute atomic E-state index is 0.0185. The maximum absolute atomic E-state index is 13.3. The number of hydrogen-bond acceptors (Lipinski definition) is 2. The van der Waals surface area contributed by atoms with Gasteiger partial charge in [-0.3, -0.25) is 4.79 Å². The van der Waals surface area contributed by atoms with Crippen molar-refractivity contribution in [2.45, 2.75) is 32.8 Å². The zero-order valence-corrected chi connectivity index (χ0v) is 10.6. The predicted molar refractivity (Wildman–Crippen MR) is 65.6 cm³/mol. The second-order valence-corrected chi connectivity index (χ2v) is 4.24. The van der Waals surface area contributed by atoms with Crippen LogP contribution in [0.3, 0.4) is 0 Å². The van der Waals surface area contributed by atoms with Gasteiger partial charge in [-0.05, 0) is 18.6 Å². The molecule has 0 amide bonds. The summed E-state index contributed by atoms with van der Waals surface area (Å²) in [7, 11) is 0. The molecule has 0 aliphatic carbocycles. The van der Waals surface area contributed by atoms with Crippen molar-refractivity contribution >= 4 is 17.4 Å². The molecule has 0 N–H and O–H groups in total. The standard InChI is InChI=1S/C13H16ClFO2/c1-2-3-5-10(16)8-17-9-11-12(14)6-4-7-13(11)15/h4,6-7H,2-3,5,8-9H2,1H3. The third-order valence-electron chi connectivity index (χ3n) is 2.38. The molecular formula is C13H16ClFO2. The van der Waals surface area contributed by atoms with E-state index in [1.807, 2.05) is 6.92 Å². The van der Waals surface area contributed by atoms with E-state index in [0.29, 0.717) is 17.0 Å². The summed E-state index contributed by atoms with van der Waals surface area (Å²) in [5, 5.41) is 0.325. The van der Waals surface area contributed by atoms with Gasteiger partial charge in [0.25, 0.3) is 0 Å². The Morgan fingerprint density at radius 2 is 2.24 bits per heavy atom. The molecule has 0 atom stereocenters. The van der Waals surface area contributed by atoms with E-state index in [2.05, 4.69) is 0 Å². The first-order valence-electron chi connectivity index (χ1n) is 5.67. The molecule has 0 fully saturated rings. The third kappa shape index (κ3) is 4.84.